The van der Waals surface area contributed by atoms with Gasteiger partial charge in [-0.25, -0.2) is 13.9 Å². The first-order valence-electron chi connectivity index (χ1n) is 9.67. The number of carbonyl (C=O) groups is 2. The lowest BCUT2D eigenvalue weighted by atomic mass is 10.0. The molecule has 2 aromatic carbocycles. The SMILES string of the molecule is CN1C(=O)CN(Cc2ccc(-c3ccc4c(c3)nnn4CC3CC3)c(F)c2)C1=O. The van der Waals surface area contributed by atoms with E-state index in [4.69, 9.17) is 0 Å². The van der Waals surface area contributed by atoms with Crippen LogP contribution < -0.4 is 0 Å². The van der Waals surface area contributed by atoms with Gasteiger partial charge in [0, 0.05) is 25.7 Å². The zero-order chi connectivity index (χ0) is 20.1. The first-order chi connectivity index (χ1) is 14.0. The number of imide groups is 1. The molecule has 0 unspecified atom stereocenters. The van der Waals surface area contributed by atoms with Gasteiger partial charge in [0.25, 0.3) is 0 Å². The Morgan fingerprint density at radius 3 is 2.66 bits per heavy atom. The summed E-state index contributed by atoms with van der Waals surface area (Å²) in [6, 6.07) is 10.2. The highest BCUT2D eigenvalue weighted by atomic mass is 19.1. The second-order valence-corrected chi connectivity index (χ2v) is 7.82. The molecular weight excluding hydrogens is 373 g/mol. The van der Waals surface area contributed by atoms with Gasteiger partial charge in [0.2, 0.25) is 5.91 Å². The van der Waals surface area contributed by atoms with Crippen molar-refractivity contribution in [2.24, 2.45) is 5.92 Å². The third-order valence-electron chi connectivity index (χ3n) is 5.62. The summed E-state index contributed by atoms with van der Waals surface area (Å²) in [5.41, 5.74) is 3.54. The Morgan fingerprint density at radius 1 is 1.14 bits per heavy atom. The molecule has 2 fully saturated rings. The van der Waals surface area contributed by atoms with Crippen molar-refractivity contribution in [1.29, 1.82) is 0 Å². The van der Waals surface area contributed by atoms with Gasteiger partial charge in [0.05, 0.1) is 5.52 Å². The van der Waals surface area contributed by atoms with E-state index in [0.717, 1.165) is 28.0 Å². The number of amides is 3. The molecule has 0 radical (unpaired) electrons. The normalized spacial score (nSPS) is 17.0. The molecule has 1 saturated carbocycles. The predicted octanol–water partition coefficient (Wildman–Crippen LogP) is 3.04. The average molecular weight is 393 g/mol. The fraction of sp³-hybridized carbons (Fsp3) is 0.333. The van der Waals surface area contributed by atoms with Crippen LogP contribution in [0.15, 0.2) is 36.4 Å². The summed E-state index contributed by atoms with van der Waals surface area (Å²) in [6.45, 7) is 1.10. The van der Waals surface area contributed by atoms with Crippen molar-refractivity contribution in [3.63, 3.8) is 0 Å². The molecule has 1 aliphatic heterocycles. The summed E-state index contributed by atoms with van der Waals surface area (Å²) in [4.78, 5) is 26.1. The molecule has 3 aromatic rings. The number of aromatic nitrogens is 3. The molecule has 5 rings (SSSR count). The molecule has 148 valence electrons. The van der Waals surface area contributed by atoms with E-state index >= 15 is 0 Å². The molecule has 1 saturated heterocycles. The lowest BCUT2D eigenvalue weighted by Crippen LogP contribution is -2.29. The molecule has 7 nitrogen and oxygen atoms in total. The van der Waals surface area contributed by atoms with Crippen molar-refractivity contribution in [2.75, 3.05) is 13.6 Å². The van der Waals surface area contributed by atoms with Crippen LogP contribution in [0.5, 0.6) is 0 Å². The second-order valence-electron chi connectivity index (χ2n) is 7.82. The highest BCUT2D eigenvalue weighted by molar-refractivity contribution is 6.01. The Balaban J connectivity index is 1.38. The van der Waals surface area contributed by atoms with E-state index in [2.05, 4.69) is 10.3 Å². The van der Waals surface area contributed by atoms with Gasteiger partial charge in [-0.2, -0.15) is 0 Å². The average Bonchev–Trinajstić information content (AvgIpc) is 3.39. The van der Waals surface area contributed by atoms with E-state index in [1.165, 1.54) is 30.9 Å². The van der Waals surface area contributed by atoms with E-state index in [1.807, 2.05) is 22.9 Å². The third kappa shape index (κ3) is 3.24. The van der Waals surface area contributed by atoms with Crippen molar-refractivity contribution >= 4 is 23.0 Å². The molecule has 2 heterocycles. The zero-order valence-corrected chi connectivity index (χ0v) is 16.0. The number of benzene rings is 2. The predicted molar refractivity (Wildman–Crippen MR) is 104 cm³/mol. The van der Waals surface area contributed by atoms with E-state index in [1.54, 1.807) is 12.1 Å². The first kappa shape index (κ1) is 17.8. The van der Waals surface area contributed by atoms with Crippen molar-refractivity contribution in [1.82, 2.24) is 24.8 Å². The molecule has 0 atom stereocenters. The first-order valence-corrected chi connectivity index (χ1v) is 9.67. The highest BCUT2D eigenvalue weighted by Gasteiger charge is 2.32. The monoisotopic (exact) mass is 393 g/mol. The molecule has 8 heteroatoms. The molecule has 3 amide bonds. The van der Waals surface area contributed by atoms with Crippen LogP contribution in [0.25, 0.3) is 22.2 Å². The Morgan fingerprint density at radius 2 is 1.97 bits per heavy atom. The van der Waals surface area contributed by atoms with Crippen LogP contribution in [0.4, 0.5) is 9.18 Å². The van der Waals surface area contributed by atoms with Crippen molar-refractivity contribution < 1.29 is 14.0 Å². The Hall–Kier alpha value is -3.29. The van der Waals surface area contributed by atoms with Gasteiger partial charge in [-0.1, -0.05) is 23.4 Å². The molecule has 0 bridgehead atoms. The number of fused-ring (bicyclic) bond motifs is 1. The molecule has 0 N–H and O–H groups in total. The van der Waals surface area contributed by atoms with Crippen LogP contribution in [0.3, 0.4) is 0 Å². The zero-order valence-electron chi connectivity index (χ0n) is 16.0. The number of hydrogen-bond acceptors (Lipinski definition) is 4. The summed E-state index contributed by atoms with van der Waals surface area (Å²) in [6.07, 6.45) is 2.48. The van der Waals surface area contributed by atoms with Gasteiger partial charge in [0.15, 0.2) is 0 Å². The minimum atomic E-state index is -0.376. The number of carbonyl (C=O) groups excluding carboxylic acids is 2. The van der Waals surface area contributed by atoms with Crippen molar-refractivity contribution in [3.05, 3.63) is 47.8 Å². The lowest BCUT2D eigenvalue weighted by molar-refractivity contribution is -0.124. The number of nitrogens with zero attached hydrogens (tertiary/aromatic N) is 5. The summed E-state index contributed by atoms with van der Waals surface area (Å²) >= 11 is 0. The van der Waals surface area contributed by atoms with Gasteiger partial charge >= 0.3 is 6.03 Å². The fourth-order valence-corrected chi connectivity index (χ4v) is 3.71. The summed E-state index contributed by atoms with van der Waals surface area (Å²) in [5, 5.41) is 8.46. The number of halogens is 1. The van der Waals surface area contributed by atoms with Crippen molar-refractivity contribution in [3.8, 4) is 11.1 Å². The fourth-order valence-electron chi connectivity index (χ4n) is 3.71. The maximum atomic E-state index is 14.8. The largest absolute Gasteiger partial charge is 0.327 e. The number of urea groups is 1. The summed E-state index contributed by atoms with van der Waals surface area (Å²) in [7, 11) is 1.45. The summed E-state index contributed by atoms with van der Waals surface area (Å²) < 4.78 is 16.7. The van der Waals surface area contributed by atoms with Gasteiger partial charge in [-0.3, -0.25) is 9.69 Å². The Bertz CT molecular complexity index is 1140. The van der Waals surface area contributed by atoms with E-state index in [0.29, 0.717) is 17.0 Å². The Kier molecular flexibility index (Phi) is 4.08. The lowest BCUT2D eigenvalue weighted by Gasteiger charge is -2.15. The number of likely N-dealkylation sites (N-methyl/N-ethyl adjacent to an activating group) is 1. The maximum absolute atomic E-state index is 14.8. The molecule has 1 aliphatic carbocycles. The molecule has 0 spiro atoms. The third-order valence-corrected chi connectivity index (χ3v) is 5.62. The van der Waals surface area contributed by atoms with Gasteiger partial charge in [-0.05, 0) is 48.1 Å². The molecule has 29 heavy (non-hydrogen) atoms. The van der Waals surface area contributed by atoms with Crippen LogP contribution in [0.1, 0.15) is 18.4 Å². The van der Waals surface area contributed by atoms with Crippen LogP contribution in [-0.2, 0) is 17.9 Å². The number of hydrogen-bond donors (Lipinski definition) is 0. The van der Waals surface area contributed by atoms with Gasteiger partial charge in [0.1, 0.15) is 17.9 Å². The van der Waals surface area contributed by atoms with Crippen LogP contribution >= 0.6 is 0 Å². The van der Waals surface area contributed by atoms with Gasteiger partial charge < -0.3 is 4.90 Å². The van der Waals surface area contributed by atoms with Crippen molar-refractivity contribution in [2.45, 2.75) is 25.9 Å². The smallest absolute Gasteiger partial charge is 0.311 e. The van der Waals surface area contributed by atoms with Crippen LogP contribution in [0.2, 0.25) is 0 Å². The summed E-state index contributed by atoms with van der Waals surface area (Å²) in [5.74, 6) is 0.0656. The molecule has 2 aliphatic rings. The van der Waals surface area contributed by atoms with E-state index in [9.17, 15) is 14.0 Å². The standard InChI is InChI=1S/C21H20FN5O2/c1-25-20(28)12-26(21(25)29)10-14-4-6-16(17(22)8-14)15-5-7-19-18(9-15)23-24-27(19)11-13-2-3-13/h4-9,13H,2-3,10-12H2,1H3. The minimum Gasteiger partial charge on any atom is -0.311 e. The highest BCUT2D eigenvalue weighted by Crippen LogP contribution is 2.32. The molecular formula is C21H20FN5O2. The quantitative estimate of drug-likeness (QED) is 0.625. The number of rotatable bonds is 5. The second kappa shape index (κ2) is 6.65. The maximum Gasteiger partial charge on any atom is 0.327 e. The van der Waals surface area contributed by atoms with E-state index < -0.39 is 0 Å². The topological polar surface area (TPSA) is 71.3 Å². The van der Waals surface area contributed by atoms with Crippen LogP contribution in [0, 0.1) is 11.7 Å². The minimum absolute atomic E-state index is 0.0197. The van der Waals surface area contributed by atoms with Gasteiger partial charge in [-0.15, -0.1) is 5.10 Å². The van der Waals surface area contributed by atoms with Crippen LogP contribution in [-0.4, -0.2) is 50.3 Å². The van der Waals surface area contributed by atoms with E-state index in [-0.39, 0.29) is 30.8 Å². The Labute approximate surface area is 166 Å². The molecule has 1 aromatic heterocycles.